The molecule has 0 aliphatic rings. The van der Waals surface area contributed by atoms with E-state index in [1.807, 2.05) is 6.07 Å². The van der Waals surface area contributed by atoms with Crippen LogP contribution in [0.25, 0.3) is 0 Å². The van der Waals surface area contributed by atoms with Crippen LogP contribution >= 0.6 is 55.1 Å². The minimum absolute atomic E-state index is 0.339. The fourth-order valence-corrected chi connectivity index (χ4v) is 2.55. The summed E-state index contributed by atoms with van der Waals surface area (Å²) in [6.45, 7) is 0. The lowest BCUT2D eigenvalue weighted by Gasteiger charge is -2.10. The van der Waals surface area contributed by atoms with E-state index in [2.05, 4.69) is 31.9 Å². The zero-order valence-corrected chi connectivity index (χ0v) is 13.6. The van der Waals surface area contributed by atoms with Gasteiger partial charge in [0.05, 0.1) is 14.5 Å². The van der Waals surface area contributed by atoms with Crippen molar-refractivity contribution in [1.82, 2.24) is 0 Å². The van der Waals surface area contributed by atoms with Crippen molar-refractivity contribution in [1.29, 1.82) is 0 Å². The zero-order chi connectivity index (χ0) is 13.3. The molecule has 1 atom stereocenters. The fourth-order valence-electron chi connectivity index (χ4n) is 1.54. The Balaban J connectivity index is 2.21. The van der Waals surface area contributed by atoms with Crippen molar-refractivity contribution >= 4 is 55.1 Å². The van der Waals surface area contributed by atoms with Gasteiger partial charge in [0, 0.05) is 6.42 Å². The Kier molecular flexibility index (Phi) is 4.78. The van der Waals surface area contributed by atoms with Gasteiger partial charge in [0.25, 0.3) is 0 Å². The van der Waals surface area contributed by atoms with Crippen LogP contribution in [0.3, 0.4) is 0 Å². The number of rotatable bonds is 3. The van der Waals surface area contributed by atoms with Gasteiger partial charge in [-0.05, 0) is 49.6 Å². The summed E-state index contributed by atoms with van der Waals surface area (Å²) in [4.78, 5) is 0. The molecule has 1 heterocycles. The number of hydrogen-bond acceptors (Lipinski definition) is 2. The van der Waals surface area contributed by atoms with E-state index >= 15 is 0 Å². The summed E-state index contributed by atoms with van der Waals surface area (Å²) in [5.41, 5.74) is 0.778. The largest absolute Gasteiger partial charge is 0.450 e. The molecule has 0 aliphatic carbocycles. The molecule has 96 valence electrons. The molecule has 2 aromatic rings. The molecule has 1 aromatic heterocycles. The van der Waals surface area contributed by atoms with Gasteiger partial charge >= 0.3 is 0 Å². The standard InChI is InChI=1S/C12H8Br2Cl2O2/c13-7-5-10(18-12(7)14)9(17)4-6-2-1-3-8(15)11(6)16/h1-3,5,9,17H,4H2. The van der Waals surface area contributed by atoms with Gasteiger partial charge in [0.15, 0.2) is 4.67 Å². The van der Waals surface area contributed by atoms with Crippen LogP contribution < -0.4 is 0 Å². The van der Waals surface area contributed by atoms with Gasteiger partial charge in [-0.2, -0.15) is 0 Å². The number of furan rings is 1. The van der Waals surface area contributed by atoms with Gasteiger partial charge < -0.3 is 9.52 Å². The Morgan fingerprint density at radius 1 is 1.28 bits per heavy atom. The van der Waals surface area contributed by atoms with E-state index in [9.17, 15) is 5.11 Å². The van der Waals surface area contributed by atoms with Crippen molar-refractivity contribution in [2.24, 2.45) is 0 Å². The molecule has 6 heteroatoms. The number of benzene rings is 1. The van der Waals surface area contributed by atoms with E-state index in [1.54, 1.807) is 18.2 Å². The van der Waals surface area contributed by atoms with E-state index in [4.69, 9.17) is 27.6 Å². The molecule has 2 nitrogen and oxygen atoms in total. The SMILES string of the molecule is OC(Cc1cccc(Cl)c1Cl)c1cc(Br)c(Br)o1. The van der Waals surface area contributed by atoms with Gasteiger partial charge in [-0.15, -0.1) is 0 Å². The molecule has 18 heavy (non-hydrogen) atoms. The van der Waals surface area contributed by atoms with Crippen molar-refractivity contribution in [3.63, 3.8) is 0 Å². The first-order chi connectivity index (χ1) is 8.49. The Morgan fingerprint density at radius 3 is 2.61 bits per heavy atom. The lowest BCUT2D eigenvalue weighted by Crippen LogP contribution is -2.01. The summed E-state index contributed by atoms with van der Waals surface area (Å²) >= 11 is 18.5. The van der Waals surface area contributed by atoms with Crippen molar-refractivity contribution in [2.45, 2.75) is 12.5 Å². The molecule has 2 rings (SSSR count). The second kappa shape index (κ2) is 5.97. The smallest absolute Gasteiger partial charge is 0.183 e. The Morgan fingerprint density at radius 2 is 2.00 bits per heavy atom. The highest BCUT2D eigenvalue weighted by Crippen LogP contribution is 2.33. The maximum Gasteiger partial charge on any atom is 0.183 e. The summed E-state index contributed by atoms with van der Waals surface area (Å²) in [7, 11) is 0. The topological polar surface area (TPSA) is 33.4 Å². The van der Waals surface area contributed by atoms with E-state index in [0.717, 1.165) is 10.0 Å². The molecule has 0 radical (unpaired) electrons. The Hall–Kier alpha value is -0.0000000000000000555. The van der Waals surface area contributed by atoms with Crippen LogP contribution in [-0.4, -0.2) is 5.11 Å². The second-order valence-corrected chi connectivity index (χ2v) is 6.06. The van der Waals surface area contributed by atoms with Crippen LogP contribution in [0.4, 0.5) is 0 Å². The first-order valence-electron chi connectivity index (χ1n) is 5.04. The average molecular weight is 415 g/mol. The van der Waals surface area contributed by atoms with Crippen molar-refractivity contribution in [3.8, 4) is 0 Å². The first kappa shape index (κ1) is 14.4. The Bertz CT molecular complexity index is 550. The highest BCUT2D eigenvalue weighted by atomic mass is 79.9. The molecule has 0 saturated heterocycles. The van der Waals surface area contributed by atoms with Gasteiger partial charge in [-0.25, -0.2) is 0 Å². The highest BCUT2D eigenvalue weighted by Gasteiger charge is 2.17. The summed E-state index contributed by atoms with van der Waals surface area (Å²) in [5.74, 6) is 0.463. The predicted octanol–water partition coefficient (Wildman–Crippen LogP) is 5.39. The van der Waals surface area contributed by atoms with Crippen molar-refractivity contribution in [2.75, 3.05) is 0 Å². The lowest BCUT2D eigenvalue weighted by molar-refractivity contribution is 0.149. The normalized spacial score (nSPS) is 12.7. The molecule has 0 amide bonds. The fraction of sp³-hybridized carbons (Fsp3) is 0.167. The van der Waals surface area contributed by atoms with Crippen LogP contribution in [0.1, 0.15) is 17.4 Å². The van der Waals surface area contributed by atoms with Crippen LogP contribution in [0.15, 0.2) is 37.8 Å². The van der Waals surface area contributed by atoms with Crippen molar-refractivity contribution in [3.05, 3.63) is 54.8 Å². The molecule has 0 fully saturated rings. The number of halogens is 4. The van der Waals surface area contributed by atoms with Crippen molar-refractivity contribution < 1.29 is 9.52 Å². The monoisotopic (exact) mass is 412 g/mol. The van der Waals surface area contributed by atoms with Gasteiger partial charge in [-0.1, -0.05) is 35.3 Å². The molecule has 0 spiro atoms. The number of aliphatic hydroxyl groups is 1. The quantitative estimate of drug-likeness (QED) is 0.730. The molecule has 0 aliphatic heterocycles. The van der Waals surface area contributed by atoms with E-state index in [-0.39, 0.29) is 0 Å². The lowest BCUT2D eigenvalue weighted by atomic mass is 10.1. The maximum absolute atomic E-state index is 10.1. The van der Waals surface area contributed by atoms with Crippen LogP contribution in [-0.2, 0) is 6.42 Å². The van der Waals surface area contributed by atoms with Crippen LogP contribution in [0.5, 0.6) is 0 Å². The molecule has 1 aromatic carbocycles. The first-order valence-corrected chi connectivity index (χ1v) is 7.39. The average Bonchev–Trinajstić information content (AvgIpc) is 2.66. The van der Waals surface area contributed by atoms with E-state index in [0.29, 0.717) is 26.9 Å². The summed E-state index contributed by atoms with van der Waals surface area (Å²) in [6, 6.07) is 7.04. The minimum Gasteiger partial charge on any atom is -0.450 e. The Labute approximate surface area is 131 Å². The number of hydrogen-bond donors (Lipinski definition) is 1. The second-order valence-electron chi connectivity index (χ2n) is 3.70. The highest BCUT2D eigenvalue weighted by molar-refractivity contribution is 9.13. The molecule has 1 unspecified atom stereocenters. The molecule has 0 bridgehead atoms. The summed E-state index contributed by atoms with van der Waals surface area (Å²) < 4.78 is 6.67. The predicted molar refractivity (Wildman–Crippen MR) is 79.2 cm³/mol. The minimum atomic E-state index is -0.774. The zero-order valence-electron chi connectivity index (χ0n) is 8.96. The maximum atomic E-state index is 10.1. The van der Waals surface area contributed by atoms with Gasteiger partial charge in [0.2, 0.25) is 0 Å². The summed E-state index contributed by atoms with van der Waals surface area (Å²) in [6.07, 6.45) is -0.435. The van der Waals surface area contributed by atoms with E-state index < -0.39 is 6.10 Å². The number of aliphatic hydroxyl groups excluding tert-OH is 1. The van der Waals surface area contributed by atoms with Gasteiger partial charge in [-0.3, -0.25) is 0 Å². The third-order valence-corrected chi connectivity index (χ3v) is 5.01. The molecular weight excluding hydrogens is 407 g/mol. The van der Waals surface area contributed by atoms with Gasteiger partial charge in [0.1, 0.15) is 11.9 Å². The third-order valence-electron chi connectivity index (χ3n) is 2.44. The van der Waals surface area contributed by atoms with E-state index in [1.165, 1.54) is 0 Å². The van der Waals surface area contributed by atoms with Crippen LogP contribution in [0, 0.1) is 0 Å². The molecule has 1 N–H and O–H groups in total. The summed E-state index contributed by atoms with van der Waals surface area (Å²) in [5, 5.41) is 11.0. The van der Waals surface area contributed by atoms with Crippen LogP contribution in [0.2, 0.25) is 10.0 Å². The third kappa shape index (κ3) is 3.11. The molecular formula is C12H8Br2Cl2O2. The molecule has 0 saturated carbocycles.